The highest BCUT2D eigenvalue weighted by molar-refractivity contribution is 6.33. The van der Waals surface area contributed by atoms with Crippen LogP contribution in [0.15, 0.2) is 23.5 Å². The number of fused-ring (bicyclic) bond motifs is 1. The lowest BCUT2D eigenvalue weighted by Gasteiger charge is -2.36. The Morgan fingerprint density at radius 1 is 1.12 bits per heavy atom. The smallest absolute Gasteiger partial charge is 0.285 e. The van der Waals surface area contributed by atoms with Crippen LogP contribution in [0.3, 0.4) is 0 Å². The lowest BCUT2D eigenvalue weighted by atomic mass is 10.2. The Morgan fingerprint density at radius 3 is 2.67 bits per heavy atom. The fourth-order valence-electron chi connectivity index (χ4n) is 2.96. The average molecular weight is 347 g/mol. The van der Waals surface area contributed by atoms with Crippen molar-refractivity contribution in [1.29, 1.82) is 0 Å². The molecule has 4 heterocycles. The third kappa shape index (κ3) is 2.37. The van der Waals surface area contributed by atoms with Crippen molar-refractivity contribution in [3.05, 3.63) is 34.1 Å². The van der Waals surface area contributed by atoms with E-state index < -0.39 is 0 Å². The Labute approximate surface area is 141 Å². The predicted octanol–water partition coefficient (Wildman–Crippen LogP) is 0.427. The van der Waals surface area contributed by atoms with Gasteiger partial charge in [0, 0.05) is 33.2 Å². The Bertz CT molecular complexity index is 943. The summed E-state index contributed by atoms with van der Waals surface area (Å²) in [6.07, 6.45) is 4.93. The molecule has 0 saturated carbocycles. The first-order chi connectivity index (χ1) is 11.6. The van der Waals surface area contributed by atoms with E-state index in [4.69, 9.17) is 11.6 Å². The Kier molecular flexibility index (Phi) is 3.57. The number of H-pyrrole nitrogens is 1. The first-order valence-electron chi connectivity index (χ1n) is 7.51. The van der Waals surface area contributed by atoms with Crippen LogP contribution in [-0.2, 0) is 7.05 Å². The minimum absolute atomic E-state index is 0.176. The molecule has 0 aliphatic carbocycles. The molecular weight excluding hydrogens is 332 g/mol. The SMILES string of the molecule is Cn1ncc2c(N3CCN(c4cn[nH]c(=O)c4Cl)CC3)ncnc21. The summed E-state index contributed by atoms with van der Waals surface area (Å²) in [6.45, 7) is 2.95. The van der Waals surface area contributed by atoms with Crippen LogP contribution in [-0.4, -0.2) is 56.1 Å². The fraction of sp³-hybridized carbons (Fsp3) is 0.357. The van der Waals surface area contributed by atoms with Crippen LogP contribution in [0.4, 0.5) is 11.5 Å². The van der Waals surface area contributed by atoms with E-state index >= 15 is 0 Å². The quantitative estimate of drug-likeness (QED) is 0.718. The van der Waals surface area contributed by atoms with Gasteiger partial charge >= 0.3 is 0 Å². The molecule has 1 aliphatic rings. The standard InChI is InChI=1S/C14H15ClN8O/c1-21-12-9(6-19-21)13(17-8-16-12)23-4-2-22(3-5-23)10-7-18-20-14(24)11(10)15/h6-8H,2-5H2,1H3,(H,20,24). The molecule has 24 heavy (non-hydrogen) atoms. The predicted molar refractivity (Wildman–Crippen MR) is 90.6 cm³/mol. The summed E-state index contributed by atoms with van der Waals surface area (Å²) >= 11 is 6.09. The van der Waals surface area contributed by atoms with Gasteiger partial charge in [0.15, 0.2) is 5.65 Å². The van der Waals surface area contributed by atoms with E-state index in [2.05, 4.69) is 35.1 Å². The van der Waals surface area contributed by atoms with Gasteiger partial charge in [-0.25, -0.2) is 15.1 Å². The van der Waals surface area contributed by atoms with Crippen molar-refractivity contribution in [1.82, 2.24) is 29.9 Å². The first-order valence-corrected chi connectivity index (χ1v) is 7.88. The van der Waals surface area contributed by atoms with Crippen LogP contribution in [0.2, 0.25) is 5.02 Å². The van der Waals surface area contributed by atoms with E-state index in [1.54, 1.807) is 23.4 Å². The number of aromatic nitrogens is 6. The molecule has 1 saturated heterocycles. The van der Waals surface area contributed by atoms with Gasteiger partial charge in [-0.2, -0.15) is 10.2 Å². The molecular formula is C14H15ClN8O. The van der Waals surface area contributed by atoms with Gasteiger partial charge in [0.1, 0.15) is 17.2 Å². The van der Waals surface area contributed by atoms with E-state index in [0.717, 1.165) is 43.0 Å². The molecule has 0 aromatic carbocycles. The Hall–Kier alpha value is -2.68. The van der Waals surface area contributed by atoms with Gasteiger partial charge < -0.3 is 9.80 Å². The number of anilines is 2. The van der Waals surface area contributed by atoms with E-state index in [0.29, 0.717) is 5.69 Å². The topological polar surface area (TPSA) is 95.8 Å². The van der Waals surface area contributed by atoms with Crippen LogP contribution in [0.1, 0.15) is 0 Å². The minimum atomic E-state index is -0.371. The minimum Gasteiger partial charge on any atom is -0.365 e. The largest absolute Gasteiger partial charge is 0.365 e. The third-order valence-corrected chi connectivity index (χ3v) is 4.57. The van der Waals surface area contributed by atoms with Crippen LogP contribution in [0, 0.1) is 0 Å². The second-order valence-corrected chi connectivity index (χ2v) is 5.95. The number of aromatic amines is 1. The molecule has 0 bridgehead atoms. The van der Waals surface area contributed by atoms with Gasteiger partial charge in [-0.05, 0) is 0 Å². The maximum atomic E-state index is 11.6. The van der Waals surface area contributed by atoms with Gasteiger partial charge in [-0.3, -0.25) is 9.48 Å². The molecule has 0 amide bonds. The van der Waals surface area contributed by atoms with Gasteiger partial charge in [0.25, 0.3) is 5.56 Å². The molecule has 1 aliphatic heterocycles. The second kappa shape index (κ2) is 5.75. The van der Waals surface area contributed by atoms with Crippen molar-refractivity contribution in [3.8, 4) is 0 Å². The van der Waals surface area contributed by atoms with Gasteiger partial charge in [-0.1, -0.05) is 11.6 Å². The molecule has 124 valence electrons. The van der Waals surface area contributed by atoms with Gasteiger partial charge in [0.2, 0.25) is 0 Å². The molecule has 0 atom stereocenters. The summed E-state index contributed by atoms with van der Waals surface area (Å²) in [5, 5.41) is 11.5. The molecule has 3 aromatic rings. The highest BCUT2D eigenvalue weighted by atomic mass is 35.5. The number of rotatable bonds is 2. The number of nitrogens with one attached hydrogen (secondary N) is 1. The molecule has 0 spiro atoms. The maximum absolute atomic E-state index is 11.6. The van der Waals surface area contributed by atoms with Crippen molar-refractivity contribution in [2.45, 2.75) is 0 Å². The highest BCUT2D eigenvalue weighted by Gasteiger charge is 2.23. The zero-order chi connectivity index (χ0) is 16.7. The molecule has 0 unspecified atom stereocenters. The van der Waals surface area contributed by atoms with Crippen molar-refractivity contribution in [2.75, 3.05) is 36.0 Å². The average Bonchev–Trinajstić information content (AvgIpc) is 2.99. The lowest BCUT2D eigenvalue weighted by Crippen LogP contribution is -2.47. The number of aryl methyl sites for hydroxylation is 1. The normalized spacial score (nSPS) is 15.2. The van der Waals surface area contributed by atoms with Gasteiger partial charge in [0.05, 0.1) is 23.5 Å². The monoisotopic (exact) mass is 346 g/mol. The van der Waals surface area contributed by atoms with Crippen LogP contribution in [0.5, 0.6) is 0 Å². The lowest BCUT2D eigenvalue weighted by molar-refractivity contribution is 0.646. The number of piperazine rings is 1. The number of hydrogen-bond acceptors (Lipinski definition) is 7. The van der Waals surface area contributed by atoms with Crippen molar-refractivity contribution in [3.63, 3.8) is 0 Å². The zero-order valence-electron chi connectivity index (χ0n) is 13.0. The first kappa shape index (κ1) is 14.9. The number of halogens is 1. The molecule has 0 radical (unpaired) electrons. The summed E-state index contributed by atoms with van der Waals surface area (Å²) in [4.78, 5) is 24.5. The molecule has 3 aromatic heterocycles. The van der Waals surface area contributed by atoms with E-state index in [-0.39, 0.29) is 10.6 Å². The highest BCUT2D eigenvalue weighted by Crippen LogP contribution is 2.26. The number of hydrogen-bond donors (Lipinski definition) is 1. The summed E-state index contributed by atoms with van der Waals surface area (Å²) in [5.41, 5.74) is 1.10. The fourth-order valence-corrected chi connectivity index (χ4v) is 3.17. The van der Waals surface area contributed by atoms with Crippen LogP contribution < -0.4 is 15.4 Å². The Morgan fingerprint density at radius 2 is 1.88 bits per heavy atom. The van der Waals surface area contributed by atoms with Crippen molar-refractivity contribution in [2.24, 2.45) is 7.05 Å². The van der Waals surface area contributed by atoms with Gasteiger partial charge in [-0.15, -0.1) is 0 Å². The molecule has 9 nitrogen and oxygen atoms in total. The van der Waals surface area contributed by atoms with E-state index in [1.165, 1.54) is 0 Å². The van der Waals surface area contributed by atoms with E-state index in [1.807, 2.05) is 7.05 Å². The molecule has 1 fully saturated rings. The summed E-state index contributed by atoms with van der Waals surface area (Å²) in [7, 11) is 1.86. The maximum Gasteiger partial charge on any atom is 0.285 e. The second-order valence-electron chi connectivity index (χ2n) is 5.58. The van der Waals surface area contributed by atoms with Crippen LogP contribution in [0.25, 0.3) is 11.0 Å². The van der Waals surface area contributed by atoms with Crippen molar-refractivity contribution < 1.29 is 0 Å². The summed E-state index contributed by atoms with van der Waals surface area (Å²) < 4.78 is 1.73. The third-order valence-electron chi connectivity index (χ3n) is 4.21. The van der Waals surface area contributed by atoms with E-state index in [9.17, 15) is 4.79 Å². The Balaban J connectivity index is 1.58. The van der Waals surface area contributed by atoms with Crippen LogP contribution >= 0.6 is 11.6 Å². The molecule has 4 rings (SSSR count). The zero-order valence-corrected chi connectivity index (χ0v) is 13.7. The summed E-state index contributed by atoms with van der Waals surface area (Å²) in [5.74, 6) is 0.878. The molecule has 1 N–H and O–H groups in total. The number of nitrogens with zero attached hydrogens (tertiary/aromatic N) is 7. The molecule has 10 heteroatoms. The summed E-state index contributed by atoms with van der Waals surface area (Å²) in [6, 6.07) is 0. The van der Waals surface area contributed by atoms with Crippen molar-refractivity contribution >= 4 is 34.1 Å².